The first-order valence-corrected chi connectivity index (χ1v) is 5.63. The van der Waals surface area contributed by atoms with E-state index in [0.717, 1.165) is 0 Å². The molecular formula is C6H2ClF2NO4S. The van der Waals surface area contributed by atoms with Crippen LogP contribution in [0.5, 0.6) is 0 Å². The van der Waals surface area contributed by atoms with Gasteiger partial charge in [-0.1, -0.05) is 0 Å². The van der Waals surface area contributed by atoms with Gasteiger partial charge in [0.1, 0.15) is 0 Å². The highest BCUT2D eigenvalue weighted by molar-refractivity contribution is 8.13. The second kappa shape index (κ2) is 3.70. The first-order chi connectivity index (χ1) is 6.75. The van der Waals surface area contributed by atoms with Crippen LogP contribution < -0.4 is 0 Å². The maximum absolute atomic E-state index is 12.9. The molecule has 15 heavy (non-hydrogen) atoms. The summed E-state index contributed by atoms with van der Waals surface area (Å²) in [6.45, 7) is 0. The number of nitro groups is 1. The van der Waals surface area contributed by atoms with Crippen molar-refractivity contribution in [2.75, 3.05) is 0 Å². The van der Waals surface area contributed by atoms with Gasteiger partial charge >= 0.3 is 5.69 Å². The van der Waals surface area contributed by atoms with Gasteiger partial charge in [0, 0.05) is 10.7 Å². The second-order valence-electron chi connectivity index (χ2n) is 2.40. The van der Waals surface area contributed by atoms with Crippen LogP contribution in [0.15, 0.2) is 17.0 Å². The lowest BCUT2D eigenvalue weighted by atomic mass is 10.3. The summed E-state index contributed by atoms with van der Waals surface area (Å²) in [4.78, 5) is 7.89. The lowest BCUT2D eigenvalue weighted by molar-refractivity contribution is -0.390. The summed E-state index contributed by atoms with van der Waals surface area (Å²) in [6.07, 6.45) is 0. The van der Waals surface area contributed by atoms with Crippen LogP contribution in [-0.4, -0.2) is 13.3 Å². The van der Waals surface area contributed by atoms with Gasteiger partial charge in [-0.15, -0.1) is 0 Å². The average molecular weight is 258 g/mol. The molecule has 82 valence electrons. The number of halogens is 3. The second-order valence-corrected chi connectivity index (χ2v) is 4.94. The zero-order chi connectivity index (χ0) is 11.8. The van der Waals surface area contributed by atoms with E-state index in [0.29, 0.717) is 12.1 Å². The third kappa shape index (κ3) is 2.21. The molecule has 0 atom stereocenters. The molecule has 0 N–H and O–H groups in total. The summed E-state index contributed by atoms with van der Waals surface area (Å²) < 4.78 is 47.1. The van der Waals surface area contributed by atoms with Gasteiger partial charge in [0.05, 0.1) is 4.92 Å². The molecule has 0 aromatic heterocycles. The molecule has 0 spiro atoms. The van der Waals surface area contributed by atoms with E-state index < -0.39 is 36.2 Å². The van der Waals surface area contributed by atoms with Crippen LogP contribution in [0.25, 0.3) is 0 Å². The number of hydrogen-bond donors (Lipinski definition) is 0. The van der Waals surface area contributed by atoms with Gasteiger partial charge in [-0.25, -0.2) is 12.8 Å². The zero-order valence-corrected chi connectivity index (χ0v) is 8.35. The molecular weight excluding hydrogens is 256 g/mol. The molecule has 0 saturated carbocycles. The first kappa shape index (κ1) is 11.8. The highest BCUT2D eigenvalue weighted by atomic mass is 35.7. The van der Waals surface area contributed by atoms with E-state index >= 15 is 0 Å². The quantitative estimate of drug-likeness (QED) is 0.460. The fraction of sp³-hybridized carbons (Fsp3) is 0. The highest BCUT2D eigenvalue weighted by Gasteiger charge is 2.30. The van der Waals surface area contributed by atoms with E-state index in [4.69, 9.17) is 10.7 Å². The van der Waals surface area contributed by atoms with Gasteiger partial charge in [0.15, 0.2) is 10.7 Å². The van der Waals surface area contributed by atoms with Crippen molar-refractivity contribution in [2.45, 2.75) is 4.90 Å². The van der Waals surface area contributed by atoms with Crippen LogP contribution in [0.4, 0.5) is 14.5 Å². The first-order valence-electron chi connectivity index (χ1n) is 3.32. The normalized spacial score (nSPS) is 11.4. The van der Waals surface area contributed by atoms with Crippen molar-refractivity contribution in [3.63, 3.8) is 0 Å². The molecule has 1 aromatic rings. The van der Waals surface area contributed by atoms with Crippen LogP contribution in [0, 0.1) is 21.7 Å². The topological polar surface area (TPSA) is 77.3 Å². The molecule has 0 fully saturated rings. The van der Waals surface area contributed by atoms with Gasteiger partial charge in [-0.05, 0) is 12.1 Å². The number of rotatable bonds is 2. The Bertz CT molecular complexity index is 530. The summed E-state index contributed by atoms with van der Waals surface area (Å²) >= 11 is 0. The van der Waals surface area contributed by atoms with Crippen molar-refractivity contribution in [1.29, 1.82) is 0 Å². The van der Waals surface area contributed by atoms with Crippen molar-refractivity contribution in [1.82, 2.24) is 0 Å². The van der Waals surface area contributed by atoms with E-state index in [1.807, 2.05) is 0 Å². The standard InChI is InChI=1S/C6H2ClF2NO4S/c7-15(13,14)4-2-1-3(8)5(9)6(4)10(11)12/h1-2H. The molecule has 0 aliphatic heterocycles. The number of hydrogen-bond acceptors (Lipinski definition) is 4. The SMILES string of the molecule is O=[N+]([O-])c1c(S(=O)(=O)Cl)ccc(F)c1F. The van der Waals surface area contributed by atoms with Crippen molar-refractivity contribution < 1.29 is 22.1 Å². The van der Waals surface area contributed by atoms with Crippen molar-refractivity contribution in [3.8, 4) is 0 Å². The Morgan fingerprint density at radius 3 is 2.27 bits per heavy atom. The highest BCUT2D eigenvalue weighted by Crippen LogP contribution is 2.30. The van der Waals surface area contributed by atoms with Crippen molar-refractivity contribution in [2.24, 2.45) is 0 Å². The van der Waals surface area contributed by atoms with Gasteiger partial charge < -0.3 is 0 Å². The van der Waals surface area contributed by atoms with E-state index in [2.05, 4.69) is 0 Å². The summed E-state index contributed by atoms with van der Waals surface area (Å²) in [5.74, 6) is -3.38. The fourth-order valence-electron chi connectivity index (χ4n) is 0.889. The van der Waals surface area contributed by atoms with Crippen LogP contribution in [-0.2, 0) is 9.05 Å². The summed E-state index contributed by atoms with van der Waals surface area (Å²) in [7, 11) is 0.317. The molecule has 0 bridgehead atoms. The molecule has 0 unspecified atom stereocenters. The molecule has 1 rings (SSSR count). The Labute approximate surface area is 86.8 Å². The molecule has 0 heterocycles. The largest absolute Gasteiger partial charge is 0.327 e. The predicted octanol–water partition coefficient (Wildman–Crippen LogP) is 1.80. The number of nitro benzene ring substituents is 1. The Hall–Kier alpha value is -1.28. The van der Waals surface area contributed by atoms with Gasteiger partial charge in [0.25, 0.3) is 9.05 Å². The van der Waals surface area contributed by atoms with E-state index in [9.17, 15) is 27.3 Å². The molecule has 5 nitrogen and oxygen atoms in total. The van der Waals surface area contributed by atoms with Crippen molar-refractivity contribution >= 4 is 25.4 Å². The number of benzene rings is 1. The predicted molar refractivity (Wildman–Crippen MR) is 46.1 cm³/mol. The Morgan fingerprint density at radius 1 is 1.33 bits per heavy atom. The van der Waals surface area contributed by atoms with Gasteiger partial charge in [-0.2, -0.15) is 4.39 Å². The Kier molecular flexibility index (Phi) is 2.91. The molecule has 0 radical (unpaired) electrons. The van der Waals surface area contributed by atoms with E-state index in [1.54, 1.807) is 0 Å². The molecule has 0 saturated heterocycles. The maximum atomic E-state index is 12.9. The summed E-state index contributed by atoms with van der Waals surface area (Å²) in [5, 5.41) is 10.3. The van der Waals surface area contributed by atoms with Crippen LogP contribution in [0.2, 0.25) is 0 Å². The minimum atomic E-state index is -4.49. The van der Waals surface area contributed by atoms with Crippen LogP contribution in [0.3, 0.4) is 0 Å². The summed E-state index contributed by atoms with van der Waals surface area (Å²) in [5.41, 5.74) is -1.50. The monoisotopic (exact) mass is 257 g/mol. The van der Waals surface area contributed by atoms with E-state index in [-0.39, 0.29) is 0 Å². The average Bonchev–Trinajstić information content (AvgIpc) is 2.06. The summed E-state index contributed by atoms with van der Waals surface area (Å²) in [6, 6.07) is 0.969. The minimum Gasteiger partial charge on any atom is -0.258 e. The molecule has 0 aliphatic rings. The fourth-order valence-corrected chi connectivity index (χ4v) is 1.89. The van der Waals surface area contributed by atoms with E-state index in [1.165, 1.54) is 0 Å². The van der Waals surface area contributed by atoms with Gasteiger partial charge in [0.2, 0.25) is 5.82 Å². The molecule has 1 aromatic carbocycles. The van der Waals surface area contributed by atoms with Crippen LogP contribution >= 0.6 is 10.7 Å². The van der Waals surface area contributed by atoms with Gasteiger partial charge in [-0.3, -0.25) is 10.1 Å². The maximum Gasteiger partial charge on any atom is 0.327 e. The Balaban J connectivity index is 3.70. The number of nitrogens with zero attached hydrogens (tertiary/aromatic N) is 1. The smallest absolute Gasteiger partial charge is 0.258 e. The minimum absolute atomic E-state index is 0.442. The lowest BCUT2D eigenvalue weighted by Crippen LogP contribution is -2.03. The zero-order valence-electron chi connectivity index (χ0n) is 6.78. The van der Waals surface area contributed by atoms with Crippen LogP contribution in [0.1, 0.15) is 0 Å². The van der Waals surface area contributed by atoms with Crippen molar-refractivity contribution in [3.05, 3.63) is 33.9 Å². The molecule has 0 amide bonds. The Morgan fingerprint density at radius 2 is 1.87 bits per heavy atom. The lowest BCUT2D eigenvalue weighted by Gasteiger charge is -2.00. The molecule has 9 heteroatoms. The third-order valence-corrected chi connectivity index (χ3v) is 2.83. The third-order valence-electron chi connectivity index (χ3n) is 1.48. The molecule has 0 aliphatic carbocycles.